The molecule has 1 aliphatic carbocycles. The largest absolute Gasteiger partial charge is 0.477 e. The summed E-state index contributed by atoms with van der Waals surface area (Å²) < 4.78 is 18.0. The van der Waals surface area contributed by atoms with Crippen molar-refractivity contribution in [3.05, 3.63) is 51.8 Å². The maximum atomic E-state index is 14.9. The molecule has 0 unspecified atom stereocenters. The number of aromatic carboxylic acids is 1. The summed E-state index contributed by atoms with van der Waals surface area (Å²) in [5.74, 6) is -1.98. The number of nitrogen functional groups attached to an aromatic ring is 1. The van der Waals surface area contributed by atoms with Crippen molar-refractivity contribution in [1.29, 1.82) is 0 Å². The van der Waals surface area contributed by atoms with Crippen molar-refractivity contribution < 1.29 is 14.3 Å². The second-order valence-electron chi connectivity index (χ2n) is 6.24. The third-order valence-corrected chi connectivity index (χ3v) is 4.45. The second kappa shape index (κ2) is 5.17. The lowest BCUT2D eigenvalue weighted by Gasteiger charge is -2.15. The van der Waals surface area contributed by atoms with E-state index in [4.69, 9.17) is 5.73 Å². The van der Waals surface area contributed by atoms with Crippen molar-refractivity contribution in [2.45, 2.75) is 25.8 Å². The maximum Gasteiger partial charge on any atom is 0.341 e. The molecule has 1 fully saturated rings. The summed E-state index contributed by atoms with van der Waals surface area (Å²) in [5.41, 5.74) is 5.42. The molecule has 3 heterocycles. The van der Waals surface area contributed by atoms with Crippen molar-refractivity contribution in [2.75, 3.05) is 5.73 Å². The molecule has 1 saturated carbocycles. The molecule has 8 heteroatoms. The van der Waals surface area contributed by atoms with Crippen LogP contribution < -0.4 is 11.2 Å². The van der Waals surface area contributed by atoms with Crippen LogP contribution in [0.25, 0.3) is 16.9 Å². The van der Waals surface area contributed by atoms with Gasteiger partial charge in [-0.1, -0.05) is 0 Å². The Labute approximate surface area is 141 Å². The number of carbonyl (C=O) groups is 1. The van der Waals surface area contributed by atoms with Crippen LogP contribution in [-0.4, -0.2) is 25.2 Å². The van der Waals surface area contributed by atoms with E-state index in [9.17, 15) is 19.1 Å². The minimum atomic E-state index is -1.33. The third-order valence-electron chi connectivity index (χ3n) is 4.45. The molecule has 0 saturated heterocycles. The first-order valence-electron chi connectivity index (χ1n) is 7.80. The van der Waals surface area contributed by atoms with E-state index in [1.54, 1.807) is 16.8 Å². The van der Waals surface area contributed by atoms with Gasteiger partial charge in [0.15, 0.2) is 11.6 Å². The Morgan fingerprint density at radius 2 is 2.12 bits per heavy atom. The molecule has 1 aliphatic rings. The minimum Gasteiger partial charge on any atom is -0.477 e. The Morgan fingerprint density at radius 1 is 1.40 bits per heavy atom. The Bertz CT molecular complexity index is 1100. The van der Waals surface area contributed by atoms with Gasteiger partial charge in [0.2, 0.25) is 5.43 Å². The van der Waals surface area contributed by atoms with Crippen LogP contribution in [0.3, 0.4) is 0 Å². The van der Waals surface area contributed by atoms with E-state index >= 15 is 0 Å². The number of aryl methyl sites for hydroxylation is 1. The van der Waals surface area contributed by atoms with E-state index in [-0.39, 0.29) is 28.4 Å². The lowest BCUT2D eigenvalue weighted by Crippen LogP contribution is -2.21. The van der Waals surface area contributed by atoms with E-state index in [0.717, 1.165) is 12.8 Å². The van der Waals surface area contributed by atoms with Gasteiger partial charge in [-0.2, -0.15) is 0 Å². The fourth-order valence-electron chi connectivity index (χ4n) is 3.00. The van der Waals surface area contributed by atoms with E-state index < -0.39 is 17.2 Å². The van der Waals surface area contributed by atoms with Crippen LogP contribution in [0.15, 0.2) is 29.5 Å². The van der Waals surface area contributed by atoms with Gasteiger partial charge in [0, 0.05) is 35.9 Å². The number of rotatable bonds is 3. The summed E-state index contributed by atoms with van der Waals surface area (Å²) in [6.45, 7) is 1.46. The topological polar surface area (TPSA) is 103 Å². The van der Waals surface area contributed by atoms with Gasteiger partial charge in [0.25, 0.3) is 0 Å². The summed E-state index contributed by atoms with van der Waals surface area (Å²) in [5, 5.41) is 9.31. The highest BCUT2D eigenvalue weighted by molar-refractivity contribution is 5.93. The first-order chi connectivity index (χ1) is 11.9. The van der Waals surface area contributed by atoms with Gasteiger partial charge >= 0.3 is 5.97 Å². The minimum absolute atomic E-state index is 0.00757. The molecule has 0 bridgehead atoms. The number of pyridine rings is 2. The van der Waals surface area contributed by atoms with Crippen molar-refractivity contribution >= 4 is 22.7 Å². The molecule has 0 spiro atoms. The molecule has 3 aromatic rings. The van der Waals surface area contributed by atoms with Gasteiger partial charge in [0.1, 0.15) is 11.2 Å². The van der Waals surface area contributed by atoms with E-state index in [0.29, 0.717) is 11.3 Å². The molecule has 128 valence electrons. The molecule has 0 aliphatic heterocycles. The molecule has 3 N–H and O–H groups in total. The average molecular weight is 342 g/mol. The van der Waals surface area contributed by atoms with Crippen molar-refractivity contribution in [2.24, 2.45) is 0 Å². The second-order valence-corrected chi connectivity index (χ2v) is 6.24. The van der Waals surface area contributed by atoms with E-state index in [1.165, 1.54) is 23.9 Å². The number of anilines is 1. The van der Waals surface area contributed by atoms with Crippen LogP contribution >= 0.6 is 0 Å². The first kappa shape index (κ1) is 15.4. The molecular weight excluding hydrogens is 327 g/mol. The van der Waals surface area contributed by atoms with Crippen molar-refractivity contribution in [1.82, 2.24) is 14.1 Å². The molecule has 0 amide bonds. The number of nitrogens with two attached hydrogens (primary N) is 1. The lowest BCUT2D eigenvalue weighted by molar-refractivity contribution is 0.0695. The number of aromatic nitrogens is 3. The Hall–Kier alpha value is -3.16. The van der Waals surface area contributed by atoms with Crippen LogP contribution in [0.2, 0.25) is 0 Å². The predicted octanol–water partition coefficient (Wildman–Crippen LogP) is 2.25. The first-order valence-corrected chi connectivity index (χ1v) is 7.80. The van der Waals surface area contributed by atoms with E-state index in [1.807, 2.05) is 0 Å². The summed E-state index contributed by atoms with van der Waals surface area (Å²) in [4.78, 5) is 28.3. The highest BCUT2D eigenvalue weighted by atomic mass is 19.1. The molecule has 0 atom stereocenters. The zero-order valence-corrected chi connectivity index (χ0v) is 13.4. The number of fused-ring (bicyclic) bond motifs is 1. The number of hydrogen-bond donors (Lipinski definition) is 2. The smallest absolute Gasteiger partial charge is 0.341 e. The fraction of sp³-hybridized carbons (Fsp3) is 0.235. The third kappa shape index (κ3) is 2.29. The SMILES string of the molecule is Cc1c(F)c(-n2ccc(N)c2)nc2c1c(=O)c(C(=O)O)cn2C1CC1. The summed E-state index contributed by atoms with van der Waals surface area (Å²) in [6, 6.07) is 1.68. The summed E-state index contributed by atoms with van der Waals surface area (Å²) in [7, 11) is 0. The number of carboxylic acids is 1. The quantitative estimate of drug-likeness (QED) is 0.760. The standard InChI is InChI=1S/C17H15FN4O3/c1-8-12-14(23)11(17(24)25)7-22(10-2-3-10)15(12)20-16(13(8)18)21-5-4-9(19)6-21/h4-7,10H,2-3,19H2,1H3,(H,24,25). The van der Waals surface area contributed by atoms with Gasteiger partial charge in [0.05, 0.1) is 5.39 Å². The Balaban J connectivity index is 2.12. The Kier molecular flexibility index (Phi) is 3.18. The summed E-state index contributed by atoms with van der Waals surface area (Å²) in [6.07, 6.45) is 6.14. The van der Waals surface area contributed by atoms with Crippen molar-refractivity contribution in [3.63, 3.8) is 0 Å². The Morgan fingerprint density at radius 3 is 2.68 bits per heavy atom. The number of halogens is 1. The monoisotopic (exact) mass is 342 g/mol. The van der Waals surface area contributed by atoms with Gasteiger partial charge in [-0.15, -0.1) is 0 Å². The molecule has 0 radical (unpaired) electrons. The van der Waals surface area contributed by atoms with Gasteiger partial charge in [-0.25, -0.2) is 14.2 Å². The van der Waals surface area contributed by atoms with Crippen molar-refractivity contribution in [3.8, 4) is 5.82 Å². The van der Waals surface area contributed by atoms with Gasteiger partial charge in [-0.3, -0.25) is 4.79 Å². The number of hydrogen-bond acceptors (Lipinski definition) is 4. The summed E-state index contributed by atoms with van der Waals surface area (Å²) >= 11 is 0. The predicted molar refractivity (Wildman–Crippen MR) is 89.7 cm³/mol. The normalized spacial score (nSPS) is 14.2. The molecule has 7 nitrogen and oxygen atoms in total. The molecular formula is C17H15FN4O3. The van der Waals surface area contributed by atoms with Crippen LogP contribution in [0, 0.1) is 12.7 Å². The number of nitrogens with zero attached hydrogens (tertiary/aromatic N) is 3. The maximum absolute atomic E-state index is 14.9. The zero-order chi connectivity index (χ0) is 17.9. The van der Waals surface area contributed by atoms with Crippen LogP contribution in [0.5, 0.6) is 0 Å². The van der Waals surface area contributed by atoms with Crippen LogP contribution in [0.1, 0.15) is 34.8 Å². The van der Waals surface area contributed by atoms with Gasteiger partial charge in [-0.05, 0) is 25.8 Å². The highest BCUT2D eigenvalue weighted by Crippen LogP contribution is 2.37. The highest BCUT2D eigenvalue weighted by Gasteiger charge is 2.29. The van der Waals surface area contributed by atoms with E-state index in [2.05, 4.69) is 4.98 Å². The molecule has 3 aromatic heterocycles. The molecule has 0 aromatic carbocycles. The molecule has 25 heavy (non-hydrogen) atoms. The number of carboxylic acid groups (broad SMARTS) is 1. The van der Waals surface area contributed by atoms with Crippen LogP contribution in [-0.2, 0) is 0 Å². The molecule has 4 rings (SSSR count). The van der Waals surface area contributed by atoms with Crippen LogP contribution in [0.4, 0.5) is 10.1 Å². The average Bonchev–Trinajstić information content (AvgIpc) is 3.31. The zero-order valence-electron chi connectivity index (χ0n) is 13.4. The fourth-order valence-corrected chi connectivity index (χ4v) is 3.00. The lowest BCUT2D eigenvalue weighted by atomic mass is 10.1. The van der Waals surface area contributed by atoms with Gasteiger partial charge < -0.3 is 20.0 Å².